The molecule has 0 radical (unpaired) electrons. The summed E-state index contributed by atoms with van der Waals surface area (Å²) in [5.41, 5.74) is -1.17. The Kier molecular flexibility index (Phi) is 7.86. The van der Waals surface area contributed by atoms with Crippen LogP contribution < -0.4 is 5.32 Å². The molecule has 2 aliphatic rings. The van der Waals surface area contributed by atoms with Crippen LogP contribution in [0.5, 0.6) is 0 Å². The highest BCUT2D eigenvalue weighted by atomic mass is 19.4. The number of hydrogen-bond acceptors (Lipinski definition) is 5. The average molecular weight is 562 g/mol. The molecule has 1 aliphatic heterocycles. The van der Waals surface area contributed by atoms with Crippen LogP contribution in [0.4, 0.5) is 31.1 Å². The Morgan fingerprint density at radius 3 is 2.36 bits per heavy atom. The van der Waals surface area contributed by atoms with Gasteiger partial charge in [-0.2, -0.15) is 13.2 Å². The van der Waals surface area contributed by atoms with Crippen molar-refractivity contribution in [2.24, 2.45) is 5.92 Å². The number of benzene rings is 1. The third-order valence-corrected chi connectivity index (χ3v) is 6.45. The zero-order chi connectivity index (χ0) is 28.7. The van der Waals surface area contributed by atoms with Crippen molar-refractivity contribution in [1.29, 1.82) is 0 Å². The van der Waals surface area contributed by atoms with E-state index in [1.807, 2.05) is 0 Å². The smallest absolute Gasteiger partial charge is 0.444 e. The highest BCUT2D eigenvalue weighted by molar-refractivity contribution is 5.78. The summed E-state index contributed by atoms with van der Waals surface area (Å²) in [6.45, 7) is 4.87. The SMILES string of the molecule is CC(C)(C)OC(=O)N[C@@H](CC(=O)N1CCn2nc(C(F)(F)F)nc2C1CC1CC1)Cc1cc(F)c(F)cc1F. The van der Waals surface area contributed by atoms with E-state index in [0.717, 1.165) is 17.5 Å². The fourth-order valence-corrected chi connectivity index (χ4v) is 4.55. The van der Waals surface area contributed by atoms with Crippen LogP contribution in [0.25, 0.3) is 0 Å². The molecule has 214 valence electrons. The monoisotopic (exact) mass is 561 g/mol. The minimum absolute atomic E-state index is 0.0206. The van der Waals surface area contributed by atoms with Crippen molar-refractivity contribution < 1.29 is 40.7 Å². The molecule has 39 heavy (non-hydrogen) atoms. The summed E-state index contributed by atoms with van der Waals surface area (Å²) in [6, 6.07) is -0.849. The van der Waals surface area contributed by atoms with Crippen molar-refractivity contribution in [3.8, 4) is 0 Å². The molecule has 2 atom stereocenters. The number of nitrogens with one attached hydrogen (secondary N) is 1. The van der Waals surface area contributed by atoms with Crippen molar-refractivity contribution in [3.63, 3.8) is 0 Å². The Labute approximate surface area is 220 Å². The van der Waals surface area contributed by atoms with Gasteiger partial charge in [-0.05, 0) is 51.2 Å². The lowest BCUT2D eigenvalue weighted by molar-refractivity contribution is -0.145. The number of carbonyl (C=O) groups is 2. The van der Waals surface area contributed by atoms with E-state index < -0.39 is 65.6 Å². The van der Waals surface area contributed by atoms with Crippen LogP contribution in [0.3, 0.4) is 0 Å². The summed E-state index contributed by atoms with van der Waals surface area (Å²) in [4.78, 5) is 31.1. The standard InChI is InChI=1S/C25H29F6N5O3/c1-24(2,3)39-23(38)32-15(9-14-10-17(27)18(28)12-16(14)26)11-20(37)35-6-7-36-21(19(35)8-13-4-5-13)33-22(34-36)25(29,30)31/h10,12-13,15,19H,4-9,11H2,1-3H3,(H,32,38)/t15-,19?/m1/s1. The van der Waals surface area contributed by atoms with Gasteiger partial charge in [-0.15, -0.1) is 5.10 Å². The predicted molar refractivity (Wildman–Crippen MR) is 125 cm³/mol. The molecule has 2 heterocycles. The van der Waals surface area contributed by atoms with Gasteiger partial charge in [-0.3, -0.25) is 4.79 Å². The first-order valence-electron chi connectivity index (χ1n) is 12.5. The number of amides is 2. The number of alkyl halides is 3. The van der Waals surface area contributed by atoms with Crippen LogP contribution in [0, 0.1) is 23.4 Å². The molecule has 8 nitrogen and oxygen atoms in total. The second-order valence-corrected chi connectivity index (χ2v) is 10.9. The zero-order valence-corrected chi connectivity index (χ0v) is 21.6. The minimum atomic E-state index is -4.75. The Hall–Kier alpha value is -3.32. The molecule has 1 unspecified atom stereocenters. The molecule has 4 rings (SSSR count). The average Bonchev–Trinajstić information content (AvgIpc) is 3.49. The minimum Gasteiger partial charge on any atom is -0.444 e. The third kappa shape index (κ3) is 7.21. The number of ether oxygens (including phenoxy) is 1. The van der Waals surface area contributed by atoms with E-state index in [-0.39, 0.29) is 36.8 Å². The summed E-state index contributed by atoms with van der Waals surface area (Å²) < 4.78 is 87.9. The van der Waals surface area contributed by atoms with Gasteiger partial charge in [0.1, 0.15) is 17.2 Å². The van der Waals surface area contributed by atoms with Gasteiger partial charge < -0.3 is 15.0 Å². The number of halogens is 6. The number of nitrogens with zero attached hydrogens (tertiary/aromatic N) is 4. The maximum atomic E-state index is 14.4. The maximum Gasteiger partial charge on any atom is 0.453 e. The lowest BCUT2D eigenvalue weighted by Gasteiger charge is -2.36. The van der Waals surface area contributed by atoms with Gasteiger partial charge in [0.25, 0.3) is 5.82 Å². The number of alkyl carbamates (subject to hydrolysis) is 1. The first-order valence-corrected chi connectivity index (χ1v) is 12.5. The number of fused-ring (bicyclic) bond motifs is 1. The van der Waals surface area contributed by atoms with Crippen molar-refractivity contribution in [2.75, 3.05) is 6.54 Å². The fraction of sp³-hybridized carbons (Fsp3) is 0.600. The molecule has 1 aromatic carbocycles. The predicted octanol–water partition coefficient (Wildman–Crippen LogP) is 4.92. The van der Waals surface area contributed by atoms with Gasteiger partial charge in [0.05, 0.1) is 12.6 Å². The Balaban J connectivity index is 1.58. The topological polar surface area (TPSA) is 89.4 Å². The first-order chi connectivity index (χ1) is 18.1. The molecule has 1 aliphatic carbocycles. The van der Waals surface area contributed by atoms with E-state index in [1.54, 1.807) is 20.8 Å². The van der Waals surface area contributed by atoms with Crippen LogP contribution in [0.2, 0.25) is 0 Å². The van der Waals surface area contributed by atoms with E-state index in [0.29, 0.717) is 18.6 Å². The molecule has 14 heteroatoms. The van der Waals surface area contributed by atoms with Gasteiger partial charge in [-0.25, -0.2) is 27.6 Å². The van der Waals surface area contributed by atoms with Gasteiger partial charge in [-0.1, -0.05) is 12.8 Å². The second kappa shape index (κ2) is 10.7. The molecule has 2 aromatic rings. The van der Waals surface area contributed by atoms with Crippen LogP contribution in [0.1, 0.15) is 69.7 Å². The highest BCUT2D eigenvalue weighted by Gasteiger charge is 2.43. The number of hydrogen-bond donors (Lipinski definition) is 1. The number of carbonyl (C=O) groups excluding carboxylic acids is 2. The molecule has 1 aromatic heterocycles. The summed E-state index contributed by atoms with van der Waals surface area (Å²) >= 11 is 0. The molecular weight excluding hydrogens is 532 g/mol. The molecule has 0 bridgehead atoms. The van der Waals surface area contributed by atoms with Crippen molar-refractivity contribution >= 4 is 12.0 Å². The molecule has 2 amide bonds. The molecule has 0 saturated heterocycles. The molecule has 0 spiro atoms. The van der Waals surface area contributed by atoms with Crippen molar-refractivity contribution in [3.05, 3.63) is 46.8 Å². The summed E-state index contributed by atoms with van der Waals surface area (Å²) in [5, 5.41) is 6.06. The van der Waals surface area contributed by atoms with E-state index in [1.165, 1.54) is 4.90 Å². The van der Waals surface area contributed by atoms with Gasteiger partial charge >= 0.3 is 12.3 Å². The van der Waals surface area contributed by atoms with E-state index in [9.17, 15) is 35.9 Å². The van der Waals surface area contributed by atoms with Gasteiger partial charge in [0.15, 0.2) is 11.6 Å². The summed E-state index contributed by atoms with van der Waals surface area (Å²) in [6.07, 6.45) is -4.30. The third-order valence-electron chi connectivity index (χ3n) is 6.45. The number of aromatic nitrogens is 3. The zero-order valence-electron chi connectivity index (χ0n) is 21.6. The fourth-order valence-electron chi connectivity index (χ4n) is 4.55. The van der Waals surface area contributed by atoms with Crippen LogP contribution >= 0.6 is 0 Å². The second-order valence-electron chi connectivity index (χ2n) is 10.9. The summed E-state index contributed by atoms with van der Waals surface area (Å²) in [7, 11) is 0. The number of rotatable bonds is 7. The molecule has 1 N–H and O–H groups in total. The van der Waals surface area contributed by atoms with Crippen LogP contribution in [-0.2, 0) is 28.7 Å². The Morgan fingerprint density at radius 1 is 1.08 bits per heavy atom. The molecular formula is C25H29F6N5O3. The Bertz CT molecular complexity index is 1240. The Morgan fingerprint density at radius 2 is 1.74 bits per heavy atom. The highest BCUT2D eigenvalue weighted by Crippen LogP contribution is 2.41. The lowest BCUT2D eigenvalue weighted by atomic mass is 10.00. The van der Waals surface area contributed by atoms with Crippen LogP contribution in [-0.4, -0.2) is 49.9 Å². The first kappa shape index (κ1) is 28.7. The normalized spacial score (nSPS) is 18.5. The van der Waals surface area contributed by atoms with Gasteiger partial charge in [0, 0.05) is 25.1 Å². The van der Waals surface area contributed by atoms with E-state index in [4.69, 9.17) is 4.74 Å². The van der Waals surface area contributed by atoms with Crippen molar-refractivity contribution in [1.82, 2.24) is 25.0 Å². The van der Waals surface area contributed by atoms with Gasteiger partial charge in [0.2, 0.25) is 5.91 Å². The summed E-state index contributed by atoms with van der Waals surface area (Å²) in [5.74, 6) is -5.32. The van der Waals surface area contributed by atoms with Crippen LogP contribution in [0.15, 0.2) is 12.1 Å². The van der Waals surface area contributed by atoms with E-state index in [2.05, 4.69) is 15.4 Å². The van der Waals surface area contributed by atoms with Crippen molar-refractivity contribution in [2.45, 2.75) is 83.3 Å². The largest absolute Gasteiger partial charge is 0.453 e. The molecule has 1 saturated carbocycles. The quantitative estimate of drug-likeness (QED) is 0.383. The lowest BCUT2D eigenvalue weighted by Crippen LogP contribution is -2.47. The maximum absolute atomic E-state index is 14.4. The van der Waals surface area contributed by atoms with E-state index >= 15 is 0 Å². The molecule has 1 fully saturated rings.